The van der Waals surface area contributed by atoms with Crippen LogP contribution in [-0.4, -0.2) is 18.5 Å². The number of nitrogens with two attached hydrogens (primary N) is 1. The van der Waals surface area contributed by atoms with Crippen LogP contribution in [0, 0.1) is 5.92 Å². The van der Waals surface area contributed by atoms with Gasteiger partial charge >= 0.3 is 0 Å². The summed E-state index contributed by atoms with van der Waals surface area (Å²) in [6, 6.07) is 0.402. The molecule has 14 heavy (non-hydrogen) atoms. The Balaban J connectivity index is 2.30. The topological polar surface area (TPSA) is 55.1 Å². The molecule has 1 saturated carbocycles. The van der Waals surface area contributed by atoms with Crippen LogP contribution in [0.3, 0.4) is 0 Å². The Kier molecular flexibility index (Phi) is 4.94. The van der Waals surface area contributed by atoms with E-state index in [1.165, 1.54) is 25.7 Å². The first-order valence-corrected chi connectivity index (χ1v) is 5.74. The van der Waals surface area contributed by atoms with E-state index in [4.69, 9.17) is 5.73 Å². The van der Waals surface area contributed by atoms with E-state index in [9.17, 15) is 4.79 Å². The van der Waals surface area contributed by atoms with Crippen molar-refractivity contribution >= 4 is 5.91 Å². The highest BCUT2D eigenvalue weighted by Gasteiger charge is 2.17. The van der Waals surface area contributed by atoms with Gasteiger partial charge in [-0.3, -0.25) is 4.79 Å². The fourth-order valence-corrected chi connectivity index (χ4v) is 1.87. The summed E-state index contributed by atoms with van der Waals surface area (Å²) in [4.78, 5) is 11.6. The van der Waals surface area contributed by atoms with E-state index in [0.29, 0.717) is 12.6 Å². The van der Waals surface area contributed by atoms with Crippen LogP contribution < -0.4 is 11.1 Å². The normalized spacial score (nSPS) is 21.3. The van der Waals surface area contributed by atoms with E-state index in [2.05, 4.69) is 5.32 Å². The van der Waals surface area contributed by atoms with E-state index in [1.807, 2.05) is 6.92 Å². The monoisotopic (exact) mass is 198 g/mol. The molecule has 1 aliphatic carbocycles. The Hall–Kier alpha value is -0.570. The Morgan fingerprint density at radius 3 is 2.43 bits per heavy atom. The zero-order chi connectivity index (χ0) is 10.4. The van der Waals surface area contributed by atoms with Crippen LogP contribution in [0.4, 0.5) is 0 Å². The number of rotatable bonds is 3. The highest BCUT2D eigenvalue weighted by molar-refractivity contribution is 5.78. The molecule has 1 rings (SSSR count). The lowest BCUT2D eigenvalue weighted by Gasteiger charge is -2.18. The second kappa shape index (κ2) is 6.02. The smallest absolute Gasteiger partial charge is 0.224 e. The predicted octanol–water partition coefficient (Wildman–Crippen LogP) is 1.42. The molecule has 0 aromatic carbocycles. The first-order chi connectivity index (χ1) is 6.74. The number of amides is 1. The third-order valence-corrected chi connectivity index (χ3v) is 3.00. The molecule has 3 heteroatoms. The van der Waals surface area contributed by atoms with Gasteiger partial charge in [-0.15, -0.1) is 0 Å². The van der Waals surface area contributed by atoms with Crippen molar-refractivity contribution < 1.29 is 4.79 Å². The molecule has 1 amide bonds. The van der Waals surface area contributed by atoms with Gasteiger partial charge in [0.25, 0.3) is 0 Å². The van der Waals surface area contributed by atoms with Crippen LogP contribution in [0.25, 0.3) is 0 Å². The summed E-state index contributed by atoms with van der Waals surface area (Å²) in [5.74, 6) is 0.0812. The van der Waals surface area contributed by atoms with Crippen molar-refractivity contribution in [1.82, 2.24) is 5.32 Å². The van der Waals surface area contributed by atoms with Gasteiger partial charge in [-0.2, -0.15) is 0 Å². The molecule has 1 fully saturated rings. The van der Waals surface area contributed by atoms with E-state index < -0.39 is 0 Å². The van der Waals surface area contributed by atoms with Crippen molar-refractivity contribution in [3.8, 4) is 0 Å². The maximum atomic E-state index is 11.6. The first-order valence-electron chi connectivity index (χ1n) is 5.74. The lowest BCUT2D eigenvalue weighted by molar-refractivity contribution is -0.125. The molecular weight excluding hydrogens is 176 g/mol. The average molecular weight is 198 g/mol. The number of hydrogen-bond donors (Lipinski definition) is 2. The minimum atomic E-state index is -0.0433. The zero-order valence-electron chi connectivity index (χ0n) is 9.09. The van der Waals surface area contributed by atoms with Gasteiger partial charge in [0.1, 0.15) is 0 Å². The minimum absolute atomic E-state index is 0.0433. The van der Waals surface area contributed by atoms with Crippen LogP contribution in [0.2, 0.25) is 0 Å². The van der Waals surface area contributed by atoms with Gasteiger partial charge in [-0.25, -0.2) is 0 Å². The standard InChI is InChI=1S/C11H22N2O/c1-9(8-12)11(14)13-10-6-4-2-3-5-7-10/h9-10H,2-8,12H2,1H3,(H,13,14). The molecule has 0 aromatic rings. The van der Waals surface area contributed by atoms with Crippen LogP contribution >= 0.6 is 0 Å². The summed E-state index contributed by atoms with van der Waals surface area (Å²) < 4.78 is 0. The largest absolute Gasteiger partial charge is 0.353 e. The molecule has 0 heterocycles. The molecule has 82 valence electrons. The molecule has 0 aromatic heterocycles. The molecule has 0 saturated heterocycles. The first kappa shape index (κ1) is 11.5. The molecule has 3 N–H and O–H groups in total. The maximum absolute atomic E-state index is 11.6. The van der Waals surface area contributed by atoms with Crippen molar-refractivity contribution in [1.29, 1.82) is 0 Å². The summed E-state index contributed by atoms with van der Waals surface area (Å²) in [5, 5.41) is 3.09. The van der Waals surface area contributed by atoms with Crippen molar-refractivity contribution in [3.63, 3.8) is 0 Å². The fraction of sp³-hybridized carbons (Fsp3) is 0.909. The van der Waals surface area contributed by atoms with Gasteiger partial charge in [0, 0.05) is 18.5 Å². The van der Waals surface area contributed by atoms with Crippen molar-refractivity contribution in [2.45, 2.75) is 51.5 Å². The minimum Gasteiger partial charge on any atom is -0.353 e. The highest BCUT2D eigenvalue weighted by Crippen LogP contribution is 2.17. The van der Waals surface area contributed by atoms with Crippen molar-refractivity contribution in [2.75, 3.05) is 6.54 Å². The molecule has 1 atom stereocenters. The molecular formula is C11H22N2O. The summed E-state index contributed by atoms with van der Waals surface area (Å²) in [6.07, 6.45) is 7.42. The van der Waals surface area contributed by atoms with Crippen LogP contribution in [0.15, 0.2) is 0 Å². The van der Waals surface area contributed by atoms with E-state index >= 15 is 0 Å². The average Bonchev–Trinajstić information content (AvgIpc) is 2.45. The Labute approximate surface area is 86.4 Å². The van der Waals surface area contributed by atoms with Gasteiger partial charge in [-0.1, -0.05) is 32.6 Å². The SMILES string of the molecule is CC(CN)C(=O)NC1CCCCCC1. The molecule has 0 radical (unpaired) electrons. The second-order valence-corrected chi connectivity index (χ2v) is 4.33. The molecule has 1 aliphatic rings. The number of nitrogens with one attached hydrogen (secondary N) is 1. The quantitative estimate of drug-likeness (QED) is 0.674. The molecule has 0 aliphatic heterocycles. The van der Waals surface area contributed by atoms with Gasteiger partial charge in [0.15, 0.2) is 0 Å². The third-order valence-electron chi connectivity index (χ3n) is 3.00. The lowest BCUT2D eigenvalue weighted by atomic mass is 10.1. The van der Waals surface area contributed by atoms with Crippen LogP contribution in [0.5, 0.6) is 0 Å². The summed E-state index contributed by atoms with van der Waals surface area (Å²) in [5.41, 5.74) is 5.45. The fourth-order valence-electron chi connectivity index (χ4n) is 1.87. The zero-order valence-corrected chi connectivity index (χ0v) is 9.09. The maximum Gasteiger partial charge on any atom is 0.224 e. The third kappa shape index (κ3) is 3.66. The lowest BCUT2D eigenvalue weighted by Crippen LogP contribution is -2.40. The number of hydrogen-bond acceptors (Lipinski definition) is 2. The van der Waals surface area contributed by atoms with E-state index in [0.717, 1.165) is 12.8 Å². The Morgan fingerprint density at radius 2 is 1.93 bits per heavy atom. The summed E-state index contributed by atoms with van der Waals surface area (Å²) in [7, 11) is 0. The van der Waals surface area contributed by atoms with E-state index in [1.54, 1.807) is 0 Å². The van der Waals surface area contributed by atoms with Crippen molar-refractivity contribution in [3.05, 3.63) is 0 Å². The van der Waals surface area contributed by atoms with Gasteiger partial charge in [0.05, 0.1) is 0 Å². The van der Waals surface area contributed by atoms with Gasteiger partial charge < -0.3 is 11.1 Å². The summed E-state index contributed by atoms with van der Waals surface area (Å²) >= 11 is 0. The predicted molar refractivity (Wildman–Crippen MR) is 57.9 cm³/mol. The molecule has 1 unspecified atom stereocenters. The molecule has 0 spiro atoms. The Morgan fingerprint density at radius 1 is 1.36 bits per heavy atom. The summed E-state index contributed by atoms with van der Waals surface area (Å²) in [6.45, 7) is 2.32. The molecule has 0 bridgehead atoms. The van der Waals surface area contributed by atoms with Crippen LogP contribution in [-0.2, 0) is 4.79 Å². The molecule has 3 nitrogen and oxygen atoms in total. The number of carbonyl (C=O) groups is 1. The highest BCUT2D eigenvalue weighted by atomic mass is 16.1. The van der Waals surface area contributed by atoms with Gasteiger partial charge in [-0.05, 0) is 12.8 Å². The van der Waals surface area contributed by atoms with Crippen molar-refractivity contribution in [2.24, 2.45) is 11.7 Å². The van der Waals surface area contributed by atoms with Crippen LogP contribution in [0.1, 0.15) is 45.4 Å². The van der Waals surface area contributed by atoms with Gasteiger partial charge in [0.2, 0.25) is 5.91 Å². The number of carbonyl (C=O) groups excluding carboxylic acids is 1. The van der Waals surface area contributed by atoms with E-state index in [-0.39, 0.29) is 11.8 Å². The second-order valence-electron chi connectivity index (χ2n) is 4.33. The Bertz CT molecular complexity index is 174.